The second kappa shape index (κ2) is 4.74. The molecule has 0 bridgehead atoms. The highest BCUT2D eigenvalue weighted by Crippen LogP contribution is 2.26. The van der Waals surface area contributed by atoms with Gasteiger partial charge in [0.15, 0.2) is 6.29 Å². The number of hydrogen-bond acceptors (Lipinski definition) is 2. The van der Waals surface area contributed by atoms with Gasteiger partial charge in [-0.3, -0.25) is 4.79 Å². The molecule has 0 saturated heterocycles. The first-order valence-electron chi connectivity index (χ1n) is 4.88. The Kier molecular flexibility index (Phi) is 3.14. The first-order valence-corrected chi connectivity index (χ1v) is 4.88. The number of carbonyl (C=O) groups is 1. The quantitative estimate of drug-likeness (QED) is 0.759. The molecule has 0 heterocycles. The van der Waals surface area contributed by atoms with Crippen LogP contribution < -0.4 is 4.74 Å². The summed E-state index contributed by atoms with van der Waals surface area (Å²) < 4.78 is 31.4. The fraction of sp³-hybridized carbons (Fsp3) is 0. The van der Waals surface area contributed by atoms with Crippen LogP contribution in [0.1, 0.15) is 10.4 Å². The van der Waals surface area contributed by atoms with Gasteiger partial charge in [-0.2, -0.15) is 0 Å². The molecule has 0 N–H and O–H groups in total. The van der Waals surface area contributed by atoms with Crippen molar-refractivity contribution in [3.8, 4) is 11.5 Å². The van der Waals surface area contributed by atoms with Gasteiger partial charge in [-0.25, -0.2) is 8.78 Å². The average molecular weight is 234 g/mol. The summed E-state index contributed by atoms with van der Waals surface area (Å²) in [5.74, 6) is -0.871. The zero-order valence-corrected chi connectivity index (χ0v) is 8.69. The summed E-state index contributed by atoms with van der Waals surface area (Å²) in [5, 5.41) is 0. The summed E-state index contributed by atoms with van der Waals surface area (Å²) in [7, 11) is 0. The van der Waals surface area contributed by atoms with E-state index < -0.39 is 11.6 Å². The molecule has 0 radical (unpaired) electrons. The Morgan fingerprint density at radius 1 is 1.06 bits per heavy atom. The highest BCUT2D eigenvalue weighted by atomic mass is 19.1. The van der Waals surface area contributed by atoms with Gasteiger partial charge in [-0.15, -0.1) is 0 Å². The van der Waals surface area contributed by atoms with Crippen molar-refractivity contribution in [2.75, 3.05) is 0 Å². The van der Waals surface area contributed by atoms with E-state index in [-0.39, 0.29) is 17.1 Å². The van der Waals surface area contributed by atoms with Gasteiger partial charge in [-0.05, 0) is 24.3 Å². The number of hydrogen-bond donors (Lipinski definition) is 0. The molecule has 2 aromatic carbocycles. The molecule has 0 unspecified atom stereocenters. The lowest BCUT2D eigenvalue weighted by Crippen LogP contribution is -1.94. The fourth-order valence-electron chi connectivity index (χ4n) is 1.38. The molecule has 0 saturated carbocycles. The van der Waals surface area contributed by atoms with Gasteiger partial charge < -0.3 is 4.74 Å². The molecule has 2 rings (SSSR count). The summed E-state index contributed by atoms with van der Waals surface area (Å²) in [6.07, 6.45) is 0.365. The fourth-order valence-corrected chi connectivity index (χ4v) is 1.38. The Balaban J connectivity index is 2.36. The van der Waals surface area contributed by atoms with Gasteiger partial charge >= 0.3 is 0 Å². The molecule has 0 spiro atoms. The first kappa shape index (κ1) is 11.3. The molecule has 4 heteroatoms. The molecule has 0 aliphatic rings. The minimum absolute atomic E-state index is 0.0607. The van der Waals surface area contributed by atoms with Crippen molar-refractivity contribution in [1.29, 1.82) is 0 Å². The maximum absolute atomic E-state index is 13.2. The van der Waals surface area contributed by atoms with Crippen LogP contribution >= 0.6 is 0 Å². The van der Waals surface area contributed by atoms with Crippen LogP contribution in [0.15, 0.2) is 42.5 Å². The summed E-state index contributed by atoms with van der Waals surface area (Å²) in [6, 6.07) is 9.41. The van der Waals surface area contributed by atoms with Gasteiger partial charge in [-0.1, -0.05) is 12.1 Å². The smallest absolute Gasteiger partial charge is 0.156 e. The molecule has 0 aliphatic heterocycles. The largest absolute Gasteiger partial charge is 0.456 e. The van der Waals surface area contributed by atoms with E-state index >= 15 is 0 Å². The molecule has 0 fully saturated rings. The van der Waals surface area contributed by atoms with E-state index in [1.807, 2.05) is 0 Å². The molecule has 86 valence electrons. The number of rotatable bonds is 3. The summed E-state index contributed by atoms with van der Waals surface area (Å²) in [5.41, 5.74) is -0.184. The molecule has 0 atom stereocenters. The van der Waals surface area contributed by atoms with Gasteiger partial charge in [0, 0.05) is 6.07 Å². The predicted octanol–water partition coefficient (Wildman–Crippen LogP) is 3.57. The molecular formula is C13H8F2O2. The van der Waals surface area contributed by atoms with Gasteiger partial charge in [0.25, 0.3) is 0 Å². The van der Waals surface area contributed by atoms with E-state index in [4.69, 9.17) is 4.74 Å². The molecule has 0 aliphatic carbocycles. The van der Waals surface area contributed by atoms with Crippen molar-refractivity contribution in [3.05, 3.63) is 59.7 Å². The summed E-state index contributed by atoms with van der Waals surface area (Å²) in [6.45, 7) is 0. The highest BCUT2D eigenvalue weighted by molar-refractivity contribution is 5.79. The number of benzene rings is 2. The summed E-state index contributed by atoms with van der Waals surface area (Å²) in [4.78, 5) is 10.7. The summed E-state index contributed by atoms with van der Waals surface area (Å²) >= 11 is 0. The second-order valence-corrected chi connectivity index (χ2v) is 3.33. The minimum atomic E-state index is -0.672. The van der Waals surface area contributed by atoms with Crippen LogP contribution in [0.3, 0.4) is 0 Å². The lowest BCUT2D eigenvalue weighted by atomic mass is 10.2. The lowest BCUT2D eigenvalue weighted by Gasteiger charge is -2.08. The molecule has 17 heavy (non-hydrogen) atoms. The van der Waals surface area contributed by atoms with Crippen LogP contribution in [-0.2, 0) is 0 Å². The molecule has 0 amide bonds. The third-order valence-corrected chi connectivity index (χ3v) is 2.15. The Hall–Kier alpha value is -2.23. The van der Waals surface area contributed by atoms with Crippen molar-refractivity contribution in [3.63, 3.8) is 0 Å². The van der Waals surface area contributed by atoms with E-state index in [0.29, 0.717) is 6.29 Å². The van der Waals surface area contributed by atoms with Gasteiger partial charge in [0.05, 0.1) is 5.56 Å². The van der Waals surface area contributed by atoms with Crippen molar-refractivity contribution >= 4 is 6.29 Å². The lowest BCUT2D eigenvalue weighted by molar-refractivity contribution is 0.111. The predicted molar refractivity (Wildman–Crippen MR) is 58.3 cm³/mol. The third kappa shape index (κ3) is 2.47. The Bertz CT molecular complexity index is 553. The van der Waals surface area contributed by atoms with Crippen molar-refractivity contribution in [1.82, 2.24) is 0 Å². The zero-order chi connectivity index (χ0) is 12.3. The number of aldehydes is 1. The standard InChI is InChI=1S/C13H8F2O2/c14-9-3-1-4-10(7-9)17-13-6-2-5-12(15)11(13)8-16/h1-8H. The van der Waals surface area contributed by atoms with E-state index in [2.05, 4.69) is 0 Å². The van der Waals surface area contributed by atoms with Crippen molar-refractivity contribution in [2.45, 2.75) is 0 Å². The van der Waals surface area contributed by atoms with Crippen LogP contribution in [0.25, 0.3) is 0 Å². The molecule has 2 nitrogen and oxygen atoms in total. The number of ether oxygens (including phenoxy) is 1. The van der Waals surface area contributed by atoms with Crippen LogP contribution in [0.5, 0.6) is 11.5 Å². The van der Waals surface area contributed by atoms with Gasteiger partial charge in [0.1, 0.15) is 23.1 Å². The van der Waals surface area contributed by atoms with Crippen molar-refractivity contribution in [2.24, 2.45) is 0 Å². The Labute approximate surface area is 96.5 Å². The first-order chi connectivity index (χ1) is 8.20. The van der Waals surface area contributed by atoms with E-state index in [0.717, 1.165) is 12.1 Å². The third-order valence-electron chi connectivity index (χ3n) is 2.15. The number of halogens is 2. The SMILES string of the molecule is O=Cc1c(F)cccc1Oc1cccc(F)c1. The van der Waals surface area contributed by atoms with Crippen LogP contribution in [0, 0.1) is 11.6 Å². The van der Waals surface area contributed by atoms with Crippen LogP contribution in [0.4, 0.5) is 8.78 Å². The maximum Gasteiger partial charge on any atom is 0.156 e. The monoisotopic (exact) mass is 234 g/mol. The normalized spacial score (nSPS) is 10.0. The van der Waals surface area contributed by atoms with E-state index in [1.165, 1.54) is 30.3 Å². The zero-order valence-electron chi connectivity index (χ0n) is 8.69. The van der Waals surface area contributed by atoms with E-state index in [1.54, 1.807) is 0 Å². The second-order valence-electron chi connectivity index (χ2n) is 3.33. The minimum Gasteiger partial charge on any atom is -0.456 e. The molecule has 0 aromatic heterocycles. The van der Waals surface area contributed by atoms with Crippen molar-refractivity contribution < 1.29 is 18.3 Å². The Morgan fingerprint density at radius 3 is 2.53 bits per heavy atom. The van der Waals surface area contributed by atoms with Crippen LogP contribution in [0.2, 0.25) is 0 Å². The number of carbonyl (C=O) groups excluding carboxylic acids is 1. The molecular weight excluding hydrogens is 226 g/mol. The van der Waals surface area contributed by atoms with Crippen LogP contribution in [-0.4, -0.2) is 6.29 Å². The van der Waals surface area contributed by atoms with Gasteiger partial charge in [0.2, 0.25) is 0 Å². The highest BCUT2D eigenvalue weighted by Gasteiger charge is 2.09. The maximum atomic E-state index is 13.2. The Morgan fingerprint density at radius 2 is 1.82 bits per heavy atom. The van der Waals surface area contributed by atoms with E-state index in [9.17, 15) is 13.6 Å². The average Bonchev–Trinajstić information content (AvgIpc) is 2.29. The molecule has 2 aromatic rings. The topological polar surface area (TPSA) is 26.3 Å².